The Balaban J connectivity index is 2.53. The first-order chi connectivity index (χ1) is 6.12. The number of rotatable bonds is 3. The molecule has 1 aliphatic carbocycles. The van der Waals surface area contributed by atoms with Gasteiger partial charge in [0.05, 0.1) is 12.0 Å². The smallest absolute Gasteiger partial charge is 0.311 e. The fourth-order valence-electron chi connectivity index (χ4n) is 2.20. The van der Waals surface area contributed by atoms with Crippen LogP contribution in [0, 0.1) is 11.3 Å². The van der Waals surface area contributed by atoms with Gasteiger partial charge in [-0.1, -0.05) is 13.3 Å². The van der Waals surface area contributed by atoms with Crippen LogP contribution in [0.3, 0.4) is 0 Å². The van der Waals surface area contributed by atoms with Gasteiger partial charge in [-0.25, -0.2) is 0 Å². The highest BCUT2D eigenvalue weighted by atomic mass is 16.5. The van der Waals surface area contributed by atoms with Crippen molar-refractivity contribution in [1.29, 1.82) is 0 Å². The first kappa shape index (κ1) is 10.6. The van der Waals surface area contributed by atoms with Crippen LogP contribution in [0.2, 0.25) is 0 Å². The summed E-state index contributed by atoms with van der Waals surface area (Å²) in [6.07, 6.45) is 4.40. The zero-order chi connectivity index (χ0) is 9.90. The van der Waals surface area contributed by atoms with E-state index in [0.717, 1.165) is 18.8 Å². The van der Waals surface area contributed by atoms with Gasteiger partial charge in [0.2, 0.25) is 0 Å². The zero-order valence-electron chi connectivity index (χ0n) is 8.93. The van der Waals surface area contributed by atoms with Gasteiger partial charge in [0, 0.05) is 0 Å². The molecule has 0 heterocycles. The van der Waals surface area contributed by atoms with Crippen LogP contribution in [0.4, 0.5) is 0 Å². The molecule has 1 saturated carbocycles. The highest BCUT2D eigenvalue weighted by molar-refractivity contribution is 5.76. The Labute approximate surface area is 80.7 Å². The Morgan fingerprint density at radius 2 is 2.23 bits per heavy atom. The standard InChI is InChI=1S/C11H20O2/c1-4-9-6-7-11(3,8-9)10(12)13-5-2/h9H,4-8H2,1-3H3/t9-,11-/m0/s1. The van der Waals surface area contributed by atoms with Crippen LogP contribution in [0.25, 0.3) is 0 Å². The van der Waals surface area contributed by atoms with Gasteiger partial charge < -0.3 is 4.74 Å². The van der Waals surface area contributed by atoms with Crippen LogP contribution in [0.5, 0.6) is 0 Å². The largest absolute Gasteiger partial charge is 0.466 e. The highest BCUT2D eigenvalue weighted by Crippen LogP contribution is 2.43. The van der Waals surface area contributed by atoms with Crippen LogP contribution >= 0.6 is 0 Å². The second-order valence-corrected chi connectivity index (χ2v) is 4.30. The molecule has 0 aliphatic heterocycles. The molecule has 2 nitrogen and oxygen atoms in total. The summed E-state index contributed by atoms with van der Waals surface area (Å²) in [7, 11) is 0. The third-order valence-corrected chi connectivity index (χ3v) is 3.19. The van der Waals surface area contributed by atoms with Gasteiger partial charge in [0.15, 0.2) is 0 Å². The lowest BCUT2D eigenvalue weighted by atomic mass is 9.87. The van der Waals surface area contributed by atoms with E-state index in [0.29, 0.717) is 6.61 Å². The summed E-state index contributed by atoms with van der Waals surface area (Å²) in [6.45, 7) is 6.61. The third kappa shape index (κ3) is 2.23. The fraction of sp³-hybridized carbons (Fsp3) is 0.909. The molecule has 13 heavy (non-hydrogen) atoms. The molecular weight excluding hydrogens is 164 g/mol. The summed E-state index contributed by atoms with van der Waals surface area (Å²) in [5.41, 5.74) is -0.184. The summed E-state index contributed by atoms with van der Waals surface area (Å²) >= 11 is 0. The van der Waals surface area contributed by atoms with Gasteiger partial charge >= 0.3 is 5.97 Å². The molecule has 1 aliphatic rings. The normalized spacial score (nSPS) is 33.3. The molecule has 0 radical (unpaired) electrons. The van der Waals surface area contributed by atoms with Crippen molar-refractivity contribution in [3.63, 3.8) is 0 Å². The molecule has 2 heteroatoms. The maximum atomic E-state index is 11.6. The van der Waals surface area contributed by atoms with Gasteiger partial charge in [0.1, 0.15) is 0 Å². The molecule has 0 N–H and O–H groups in total. The summed E-state index contributed by atoms with van der Waals surface area (Å²) in [4.78, 5) is 11.6. The van der Waals surface area contributed by atoms with E-state index in [1.165, 1.54) is 12.8 Å². The van der Waals surface area contributed by atoms with Crippen LogP contribution < -0.4 is 0 Å². The zero-order valence-corrected chi connectivity index (χ0v) is 8.93. The molecule has 0 unspecified atom stereocenters. The summed E-state index contributed by atoms with van der Waals surface area (Å²) < 4.78 is 5.08. The Morgan fingerprint density at radius 1 is 1.54 bits per heavy atom. The number of carbonyl (C=O) groups excluding carboxylic acids is 1. The summed E-state index contributed by atoms with van der Waals surface area (Å²) in [6, 6.07) is 0. The number of ether oxygens (including phenoxy) is 1. The Morgan fingerprint density at radius 3 is 2.69 bits per heavy atom. The SMILES string of the molecule is CCOC(=O)[C@@]1(C)CC[C@H](CC)C1. The lowest BCUT2D eigenvalue weighted by Crippen LogP contribution is -2.27. The minimum absolute atomic E-state index is 0.00551. The van der Waals surface area contributed by atoms with Crippen molar-refractivity contribution in [2.45, 2.75) is 46.5 Å². The third-order valence-electron chi connectivity index (χ3n) is 3.19. The molecule has 2 atom stereocenters. The second-order valence-electron chi connectivity index (χ2n) is 4.30. The quantitative estimate of drug-likeness (QED) is 0.630. The molecule has 0 saturated heterocycles. The van der Waals surface area contributed by atoms with E-state index in [4.69, 9.17) is 4.74 Å². The fourth-order valence-corrected chi connectivity index (χ4v) is 2.20. The molecule has 76 valence electrons. The van der Waals surface area contributed by atoms with Crippen molar-refractivity contribution in [2.75, 3.05) is 6.61 Å². The summed E-state index contributed by atoms with van der Waals surface area (Å²) in [5, 5.41) is 0. The Hall–Kier alpha value is -0.530. The van der Waals surface area contributed by atoms with E-state index in [1.807, 2.05) is 13.8 Å². The van der Waals surface area contributed by atoms with E-state index < -0.39 is 0 Å². The van der Waals surface area contributed by atoms with Gasteiger partial charge in [-0.2, -0.15) is 0 Å². The summed E-state index contributed by atoms with van der Waals surface area (Å²) in [5.74, 6) is 0.736. The van der Waals surface area contributed by atoms with Gasteiger partial charge in [-0.15, -0.1) is 0 Å². The molecule has 0 bridgehead atoms. The molecule has 0 amide bonds. The van der Waals surface area contributed by atoms with Crippen LogP contribution in [-0.2, 0) is 9.53 Å². The molecule has 1 rings (SSSR count). The number of esters is 1. The first-order valence-electron chi connectivity index (χ1n) is 5.29. The maximum Gasteiger partial charge on any atom is 0.311 e. The minimum atomic E-state index is -0.184. The van der Waals surface area contributed by atoms with Crippen molar-refractivity contribution >= 4 is 5.97 Å². The average Bonchev–Trinajstić information content (AvgIpc) is 2.49. The predicted octanol–water partition coefficient (Wildman–Crippen LogP) is 2.77. The van der Waals surface area contributed by atoms with Crippen molar-refractivity contribution in [1.82, 2.24) is 0 Å². The predicted molar refractivity (Wildman–Crippen MR) is 52.4 cm³/mol. The second kappa shape index (κ2) is 4.12. The maximum absolute atomic E-state index is 11.6. The van der Waals surface area contributed by atoms with Crippen LogP contribution in [-0.4, -0.2) is 12.6 Å². The van der Waals surface area contributed by atoms with Crippen LogP contribution in [0.15, 0.2) is 0 Å². The highest BCUT2D eigenvalue weighted by Gasteiger charge is 2.41. The monoisotopic (exact) mass is 184 g/mol. The molecule has 0 aromatic rings. The molecule has 0 spiro atoms. The molecule has 0 aromatic heterocycles. The number of hydrogen-bond acceptors (Lipinski definition) is 2. The first-order valence-corrected chi connectivity index (χ1v) is 5.29. The minimum Gasteiger partial charge on any atom is -0.466 e. The van der Waals surface area contributed by atoms with E-state index in [9.17, 15) is 4.79 Å². The lowest BCUT2D eigenvalue weighted by molar-refractivity contribution is -0.154. The van der Waals surface area contributed by atoms with E-state index in [2.05, 4.69) is 6.92 Å². The van der Waals surface area contributed by atoms with Gasteiger partial charge in [-0.05, 0) is 39.0 Å². The molecule has 1 fully saturated rings. The van der Waals surface area contributed by atoms with E-state index in [-0.39, 0.29) is 11.4 Å². The lowest BCUT2D eigenvalue weighted by Gasteiger charge is -2.21. The van der Waals surface area contributed by atoms with Gasteiger partial charge in [0.25, 0.3) is 0 Å². The Bertz CT molecular complexity index is 189. The van der Waals surface area contributed by atoms with Crippen LogP contribution in [0.1, 0.15) is 46.5 Å². The van der Waals surface area contributed by atoms with Crippen molar-refractivity contribution < 1.29 is 9.53 Å². The van der Waals surface area contributed by atoms with Crippen molar-refractivity contribution in [3.8, 4) is 0 Å². The average molecular weight is 184 g/mol. The van der Waals surface area contributed by atoms with E-state index >= 15 is 0 Å². The topological polar surface area (TPSA) is 26.3 Å². The van der Waals surface area contributed by atoms with Gasteiger partial charge in [-0.3, -0.25) is 4.79 Å². The molecular formula is C11H20O2. The van der Waals surface area contributed by atoms with Crippen molar-refractivity contribution in [2.24, 2.45) is 11.3 Å². The van der Waals surface area contributed by atoms with Crippen molar-refractivity contribution in [3.05, 3.63) is 0 Å². The number of carbonyl (C=O) groups is 1. The van der Waals surface area contributed by atoms with E-state index in [1.54, 1.807) is 0 Å². The Kier molecular flexibility index (Phi) is 3.34. The molecule has 0 aromatic carbocycles. The number of hydrogen-bond donors (Lipinski definition) is 0.